The summed E-state index contributed by atoms with van der Waals surface area (Å²) in [6.07, 6.45) is -3.80. The fraction of sp³-hybridized carbons (Fsp3) is 0.250. The molecule has 0 radical (unpaired) electrons. The van der Waals surface area contributed by atoms with Crippen LogP contribution < -0.4 is 0 Å². The lowest BCUT2D eigenvalue weighted by Gasteiger charge is -2.07. The van der Waals surface area contributed by atoms with Crippen molar-refractivity contribution in [3.8, 4) is 17.2 Å². The number of nitrogens with zero attached hydrogens (tertiary/aromatic N) is 5. The molecule has 7 nitrogen and oxygen atoms in total. The minimum atomic E-state index is -4.75. The Kier molecular flexibility index (Phi) is 4.50. The molecule has 11 heteroatoms. The van der Waals surface area contributed by atoms with E-state index in [2.05, 4.69) is 20.3 Å². The lowest BCUT2D eigenvalue weighted by Crippen LogP contribution is -2.10. The minimum absolute atomic E-state index is 0.0770. The first-order valence-corrected chi connectivity index (χ1v) is 9.52. The molecule has 0 aliphatic rings. The smallest absolute Gasteiger partial charge is 0.222 e. The van der Waals surface area contributed by atoms with Gasteiger partial charge < -0.3 is 0 Å². The summed E-state index contributed by atoms with van der Waals surface area (Å²) in [6, 6.07) is 7.45. The molecule has 0 aliphatic heterocycles. The van der Waals surface area contributed by atoms with Crippen molar-refractivity contribution >= 4 is 9.84 Å². The van der Waals surface area contributed by atoms with Crippen LogP contribution in [0, 0.1) is 13.8 Å². The average molecular weight is 397 g/mol. The van der Waals surface area contributed by atoms with Gasteiger partial charge in [0.05, 0.1) is 0 Å². The van der Waals surface area contributed by atoms with Crippen LogP contribution in [0.5, 0.6) is 0 Å². The molecule has 0 N–H and O–H groups in total. The Morgan fingerprint density at radius 3 is 2.22 bits per heavy atom. The van der Waals surface area contributed by atoms with E-state index in [1.54, 1.807) is 18.2 Å². The number of hydrogen-bond donors (Lipinski definition) is 0. The normalized spacial score (nSPS) is 12.4. The van der Waals surface area contributed by atoms with E-state index in [9.17, 15) is 21.6 Å². The Morgan fingerprint density at radius 1 is 1.00 bits per heavy atom. The first-order valence-electron chi connectivity index (χ1n) is 7.63. The van der Waals surface area contributed by atoms with Gasteiger partial charge in [0.15, 0.2) is 26.5 Å². The molecule has 0 fully saturated rings. The second-order valence-electron chi connectivity index (χ2n) is 5.97. The number of benzene rings is 1. The topological polar surface area (TPSA) is 90.6 Å². The van der Waals surface area contributed by atoms with E-state index in [0.29, 0.717) is 5.56 Å². The fourth-order valence-corrected chi connectivity index (χ4v) is 2.79. The van der Waals surface area contributed by atoms with Crippen molar-refractivity contribution in [2.45, 2.75) is 25.0 Å². The third-order valence-electron chi connectivity index (χ3n) is 3.85. The van der Waals surface area contributed by atoms with Gasteiger partial charge in [0.2, 0.25) is 0 Å². The number of halogens is 3. The molecule has 0 saturated heterocycles. The van der Waals surface area contributed by atoms with Crippen molar-refractivity contribution in [1.82, 2.24) is 25.0 Å². The van der Waals surface area contributed by atoms with E-state index < -0.39 is 21.8 Å². The van der Waals surface area contributed by atoms with Crippen molar-refractivity contribution in [2.75, 3.05) is 6.26 Å². The molecule has 0 saturated carbocycles. The summed E-state index contributed by atoms with van der Waals surface area (Å²) in [6.45, 7) is 3.70. The molecule has 1 aromatic carbocycles. The standard InChI is InChI=1S/C16H14F3N5O2S/c1-9-4-5-11(8-10(9)2)14-20-15(16(17,18)19)23-24(14)12-6-7-13(22-21-12)27(3,25)26/h4-8H,1-3H3. The van der Waals surface area contributed by atoms with Crippen molar-refractivity contribution < 1.29 is 21.6 Å². The first-order chi connectivity index (χ1) is 12.5. The highest BCUT2D eigenvalue weighted by atomic mass is 32.2. The van der Waals surface area contributed by atoms with Crippen LogP contribution in [-0.2, 0) is 16.0 Å². The lowest BCUT2D eigenvalue weighted by atomic mass is 10.1. The molecule has 0 unspecified atom stereocenters. The van der Waals surface area contributed by atoms with E-state index in [1.807, 2.05) is 13.8 Å². The summed E-state index contributed by atoms with van der Waals surface area (Å²) < 4.78 is 63.2. The Bertz CT molecular complexity index is 1110. The summed E-state index contributed by atoms with van der Waals surface area (Å²) >= 11 is 0. The fourth-order valence-electron chi connectivity index (χ4n) is 2.28. The third kappa shape index (κ3) is 3.82. The molecule has 0 spiro atoms. The predicted octanol–water partition coefficient (Wildman–Crippen LogP) is 2.76. The van der Waals surface area contributed by atoms with Gasteiger partial charge in [-0.05, 0) is 43.2 Å². The maximum Gasteiger partial charge on any atom is 0.453 e. The van der Waals surface area contributed by atoms with E-state index >= 15 is 0 Å². The highest BCUT2D eigenvalue weighted by molar-refractivity contribution is 7.90. The minimum Gasteiger partial charge on any atom is -0.222 e. The molecule has 2 heterocycles. The number of rotatable bonds is 3. The van der Waals surface area contributed by atoms with Gasteiger partial charge in [0.25, 0.3) is 5.82 Å². The Hall–Kier alpha value is -2.82. The Morgan fingerprint density at radius 2 is 1.70 bits per heavy atom. The van der Waals surface area contributed by atoms with Crippen LogP contribution in [0.3, 0.4) is 0 Å². The lowest BCUT2D eigenvalue weighted by molar-refractivity contribution is -0.144. The molecule has 142 valence electrons. The van der Waals surface area contributed by atoms with Gasteiger partial charge in [0.1, 0.15) is 0 Å². The first kappa shape index (κ1) is 19.0. The molecule has 0 amide bonds. The van der Waals surface area contributed by atoms with Crippen molar-refractivity contribution in [3.05, 3.63) is 47.3 Å². The van der Waals surface area contributed by atoms with Gasteiger partial charge in [0, 0.05) is 11.8 Å². The molecule has 2 aromatic heterocycles. The van der Waals surface area contributed by atoms with Crippen LogP contribution in [0.15, 0.2) is 35.4 Å². The predicted molar refractivity (Wildman–Crippen MR) is 90.0 cm³/mol. The maximum atomic E-state index is 13.1. The van der Waals surface area contributed by atoms with Gasteiger partial charge in [-0.3, -0.25) is 0 Å². The van der Waals surface area contributed by atoms with E-state index in [-0.39, 0.29) is 16.7 Å². The van der Waals surface area contributed by atoms with Crippen molar-refractivity contribution in [1.29, 1.82) is 0 Å². The Balaban J connectivity index is 2.19. The summed E-state index contributed by atoms with van der Waals surface area (Å²) in [5.41, 5.74) is 2.25. The molecular weight excluding hydrogens is 383 g/mol. The van der Waals surface area contributed by atoms with Crippen LogP contribution >= 0.6 is 0 Å². The van der Waals surface area contributed by atoms with Gasteiger partial charge in [-0.2, -0.15) is 17.9 Å². The molecule has 0 atom stereocenters. The second-order valence-corrected chi connectivity index (χ2v) is 7.93. The second kappa shape index (κ2) is 6.41. The Labute approximate surface area is 152 Å². The van der Waals surface area contributed by atoms with E-state index in [4.69, 9.17) is 0 Å². The number of aromatic nitrogens is 5. The van der Waals surface area contributed by atoms with Gasteiger partial charge in [-0.1, -0.05) is 12.1 Å². The quantitative estimate of drug-likeness (QED) is 0.675. The zero-order chi connectivity index (χ0) is 20.0. The highest BCUT2D eigenvalue weighted by Gasteiger charge is 2.37. The largest absolute Gasteiger partial charge is 0.453 e. The maximum absolute atomic E-state index is 13.1. The molecule has 3 aromatic rings. The molecule has 0 bridgehead atoms. The summed E-state index contributed by atoms with van der Waals surface area (Å²) in [4.78, 5) is 3.61. The van der Waals surface area contributed by atoms with Crippen molar-refractivity contribution in [2.24, 2.45) is 0 Å². The van der Waals surface area contributed by atoms with E-state index in [1.165, 1.54) is 6.07 Å². The van der Waals surface area contributed by atoms with Gasteiger partial charge >= 0.3 is 6.18 Å². The van der Waals surface area contributed by atoms with Crippen LogP contribution in [0.25, 0.3) is 17.2 Å². The zero-order valence-electron chi connectivity index (χ0n) is 14.5. The zero-order valence-corrected chi connectivity index (χ0v) is 15.3. The van der Waals surface area contributed by atoms with Crippen LogP contribution in [0.1, 0.15) is 17.0 Å². The van der Waals surface area contributed by atoms with E-state index in [0.717, 1.165) is 28.1 Å². The third-order valence-corrected chi connectivity index (χ3v) is 4.83. The van der Waals surface area contributed by atoms with Crippen LogP contribution in [0.2, 0.25) is 0 Å². The van der Waals surface area contributed by atoms with Crippen LogP contribution in [0.4, 0.5) is 13.2 Å². The number of hydrogen-bond acceptors (Lipinski definition) is 6. The van der Waals surface area contributed by atoms with Crippen LogP contribution in [-0.4, -0.2) is 39.6 Å². The SMILES string of the molecule is Cc1ccc(-c2nc(C(F)(F)F)nn2-c2ccc(S(C)(=O)=O)nn2)cc1C. The molecular formula is C16H14F3N5O2S. The molecule has 3 rings (SSSR count). The molecule has 27 heavy (non-hydrogen) atoms. The molecule has 0 aliphatic carbocycles. The summed E-state index contributed by atoms with van der Waals surface area (Å²) in [7, 11) is -3.59. The van der Waals surface area contributed by atoms with Gasteiger partial charge in [-0.25, -0.2) is 13.4 Å². The number of sulfone groups is 1. The number of aryl methyl sites for hydroxylation is 2. The monoisotopic (exact) mass is 397 g/mol. The highest BCUT2D eigenvalue weighted by Crippen LogP contribution is 2.30. The number of alkyl halides is 3. The summed E-state index contributed by atoms with van der Waals surface area (Å²) in [5.74, 6) is -1.49. The average Bonchev–Trinajstić information content (AvgIpc) is 3.02. The van der Waals surface area contributed by atoms with Gasteiger partial charge in [-0.15, -0.1) is 15.3 Å². The summed E-state index contributed by atoms with van der Waals surface area (Å²) in [5, 5.41) is 10.5. The van der Waals surface area contributed by atoms with Crippen molar-refractivity contribution in [3.63, 3.8) is 0 Å².